The number of benzene rings is 2. The van der Waals surface area contributed by atoms with Crippen LogP contribution in [0.15, 0.2) is 71.7 Å². The number of aryl methyl sites for hydroxylation is 1. The average molecular weight is 448 g/mol. The van der Waals surface area contributed by atoms with Gasteiger partial charge in [0.1, 0.15) is 11.4 Å². The molecule has 1 aliphatic heterocycles. The van der Waals surface area contributed by atoms with E-state index < -0.39 is 28.8 Å². The van der Waals surface area contributed by atoms with Gasteiger partial charge in [-0.3, -0.25) is 14.2 Å². The molecule has 1 aromatic heterocycles. The number of amides is 1. The van der Waals surface area contributed by atoms with Crippen LogP contribution in [0, 0.1) is 24.1 Å². The molecule has 4 atom stereocenters. The van der Waals surface area contributed by atoms with Crippen LogP contribution in [0.2, 0.25) is 0 Å². The number of hydrogen-bond donors (Lipinski definition) is 2. The highest BCUT2D eigenvalue weighted by molar-refractivity contribution is 5.95. The van der Waals surface area contributed by atoms with E-state index in [0.29, 0.717) is 11.3 Å². The van der Waals surface area contributed by atoms with Gasteiger partial charge in [0.15, 0.2) is 0 Å². The third-order valence-corrected chi connectivity index (χ3v) is 7.30. The van der Waals surface area contributed by atoms with Crippen LogP contribution in [-0.4, -0.2) is 51.4 Å². The molecule has 2 N–H and O–H groups in total. The van der Waals surface area contributed by atoms with Crippen LogP contribution in [0.4, 0.5) is 4.39 Å². The van der Waals surface area contributed by atoms with Gasteiger partial charge in [0.25, 0.3) is 11.5 Å². The normalized spacial score (nSPS) is 26.1. The number of aliphatic hydroxyl groups is 2. The Hall–Kier alpha value is -3.29. The Labute approximate surface area is 190 Å². The fourth-order valence-corrected chi connectivity index (χ4v) is 5.57. The number of nitrogens with zero attached hydrogens (tertiary/aromatic N) is 2. The number of carbonyl (C=O) groups excluding carboxylic acids is 1. The van der Waals surface area contributed by atoms with Crippen LogP contribution in [0.3, 0.4) is 0 Å². The Morgan fingerprint density at radius 1 is 1.12 bits per heavy atom. The lowest BCUT2D eigenvalue weighted by atomic mass is 9.95. The van der Waals surface area contributed by atoms with Crippen LogP contribution >= 0.6 is 0 Å². The van der Waals surface area contributed by atoms with Gasteiger partial charge in [-0.15, -0.1) is 0 Å². The lowest BCUT2D eigenvalue weighted by molar-refractivity contribution is 0.0761. The van der Waals surface area contributed by atoms with Crippen LogP contribution in [0.25, 0.3) is 5.69 Å². The van der Waals surface area contributed by atoms with E-state index in [4.69, 9.17) is 0 Å². The maximum atomic E-state index is 13.5. The number of aromatic nitrogens is 1. The predicted molar refractivity (Wildman–Crippen MR) is 121 cm³/mol. The third kappa shape index (κ3) is 3.31. The molecular formula is C26H25FN2O4. The minimum atomic E-state index is -0.799. The fourth-order valence-electron chi connectivity index (χ4n) is 5.57. The predicted octanol–water partition coefficient (Wildman–Crippen LogP) is 2.49. The second-order valence-electron chi connectivity index (χ2n) is 9.02. The fraction of sp³-hybridized carbons (Fsp3) is 0.308. The van der Waals surface area contributed by atoms with Gasteiger partial charge in [0, 0.05) is 37.0 Å². The maximum absolute atomic E-state index is 13.5. The van der Waals surface area contributed by atoms with E-state index in [0.717, 1.165) is 5.56 Å². The Kier molecular flexibility index (Phi) is 5.18. The van der Waals surface area contributed by atoms with Gasteiger partial charge in [0.05, 0.1) is 6.10 Å². The Morgan fingerprint density at radius 2 is 1.82 bits per heavy atom. The van der Waals surface area contributed by atoms with Crippen LogP contribution in [0.1, 0.15) is 27.4 Å². The summed E-state index contributed by atoms with van der Waals surface area (Å²) < 4.78 is 14.6. The number of aliphatic hydroxyl groups excluding tert-OH is 2. The lowest BCUT2D eigenvalue weighted by Gasteiger charge is -2.18. The molecule has 1 saturated heterocycles. The smallest absolute Gasteiger partial charge is 0.268 e. The molecule has 2 fully saturated rings. The molecule has 1 amide bonds. The number of rotatable bonds is 4. The van der Waals surface area contributed by atoms with Crippen molar-refractivity contribution in [1.29, 1.82) is 0 Å². The first-order chi connectivity index (χ1) is 15.9. The highest BCUT2D eigenvalue weighted by Gasteiger charge is 2.71. The molecule has 2 aromatic carbocycles. The van der Waals surface area contributed by atoms with E-state index in [1.165, 1.54) is 33.7 Å². The Bertz CT molecular complexity index is 1260. The number of carbonyl (C=O) groups is 1. The van der Waals surface area contributed by atoms with Crippen molar-refractivity contribution in [2.75, 3.05) is 19.7 Å². The Morgan fingerprint density at radius 3 is 2.48 bits per heavy atom. The van der Waals surface area contributed by atoms with Crippen LogP contribution in [0.5, 0.6) is 0 Å². The van der Waals surface area contributed by atoms with E-state index in [2.05, 4.69) is 0 Å². The molecule has 5 rings (SSSR count). The van der Waals surface area contributed by atoms with Gasteiger partial charge < -0.3 is 15.1 Å². The molecule has 0 radical (unpaired) electrons. The van der Waals surface area contributed by atoms with Gasteiger partial charge >= 0.3 is 0 Å². The van der Waals surface area contributed by atoms with Crippen LogP contribution < -0.4 is 5.56 Å². The number of hydrogen-bond acceptors (Lipinski definition) is 4. The second-order valence-corrected chi connectivity index (χ2v) is 9.02. The number of halogens is 1. The van der Waals surface area contributed by atoms with Crippen molar-refractivity contribution >= 4 is 5.91 Å². The standard InChI is InChI=1S/C26H25FN2O4/c1-16-11-12-29(19-9-7-18(27)8-10-19)25(33)22(16)24(32)28-13-21(31)26(15-28)20(14-30)23(26)17-5-3-2-4-6-17/h2-12,20-21,23,30-31H,13-15H2,1H3/t20-,21-,23-,26-/m1/s1. The number of β-amino-alcohol motifs (C(OH)–C–C–N with tert-alkyl or cyclic N) is 1. The third-order valence-electron chi connectivity index (χ3n) is 7.30. The number of likely N-dealkylation sites (tertiary alicyclic amines) is 1. The summed E-state index contributed by atoms with van der Waals surface area (Å²) in [6, 6.07) is 16.9. The molecule has 2 heterocycles. The SMILES string of the molecule is Cc1ccn(-c2ccc(F)cc2)c(=O)c1C(=O)N1C[C@@H](O)[C@@]2(C1)[C@H](CO)[C@H]2c1ccccc1. The van der Waals surface area contributed by atoms with E-state index in [1.807, 2.05) is 30.3 Å². The highest BCUT2D eigenvalue weighted by Crippen LogP contribution is 2.68. The first-order valence-corrected chi connectivity index (χ1v) is 11.0. The van der Waals surface area contributed by atoms with Crippen molar-refractivity contribution in [3.05, 3.63) is 99.7 Å². The molecule has 0 bridgehead atoms. The van der Waals surface area contributed by atoms with E-state index in [9.17, 15) is 24.2 Å². The summed E-state index contributed by atoms with van der Waals surface area (Å²) in [6.07, 6.45) is 0.767. The molecule has 0 unspecified atom stereocenters. The summed E-state index contributed by atoms with van der Waals surface area (Å²) in [7, 11) is 0. The molecular weight excluding hydrogens is 423 g/mol. The van der Waals surface area contributed by atoms with Crippen molar-refractivity contribution in [3.8, 4) is 5.69 Å². The molecule has 33 heavy (non-hydrogen) atoms. The highest BCUT2D eigenvalue weighted by atomic mass is 19.1. The first kappa shape index (κ1) is 21.6. The van der Waals surface area contributed by atoms with Crippen molar-refractivity contribution in [3.63, 3.8) is 0 Å². The van der Waals surface area contributed by atoms with Gasteiger partial charge in [-0.2, -0.15) is 0 Å². The molecule has 170 valence electrons. The molecule has 1 spiro atoms. The zero-order valence-corrected chi connectivity index (χ0v) is 18.2. The summed E-state index contributed by atoms with van der Waals surface area (Å²) in [5, 5.41) is 21.0. The topological polar surface area (TPSA) is 82.8 Å². The minimum absolute atomic E-state index is 0.0311. The minimum Gasteiger partial charge on any atom is -0.396 e. The summed E-state index contributed by atoms with van der Waals surface area (Å²) >= 11 is 0. The first-order valence-electron chi connectivity index (χ1n) is 11.0. The van der Waals surface area contributed by atoms with Gasteiger partial charge in [0.2, 0.25) is 0 Å². The van der Waals surface area contributed by atoms with E-state index >= 15 is 0 Å². The molecule has 3 aromatic rings. The second kappa shape index (κ2) is 7.93. The largest absolute Gasteiger partial charge is 0.396 e. The van der Waals surface area contributed by atoms with E-state index in [-0.39, 0.29) is 37.1 Å². The van der Waals surface area contributed by atoms with Crippen molar-refractivity contribution in [2.24, 2.45) is 11.3 Å². The van der Waals surface area contributed by atoms with Crippen molar-refractivity contribution in [2.45, 2.75) is 18.9 Å². The quantitative estimate of drug-likeness (QED) is 0.643. The summed E-state index contributed by atoms with van der Waals surface area (Å²) in [4.78, 5) is 28.3. The molecule has 7 heteroatoms. The van der Waals surface area contributed by atoms with Crippen molar-refractivity contribution < 1.29 is 19.4 Å². The number of pyridine rings is 1. The molecule has 1 saturated carbocycles. The monoisotopic (exact) mass is 448 g/mol. The Balaban J connectivity index is 1.47. The zero-order chi connectivity index (χ0) is 23.3. The van der Waals surface area contributed by atoms with Crippen LogP contribution in [-0.2, 0) is 0 Å². The van der Waals surface area contributed by atoms with E-state index in [1.54, 1.807) is 19.2 Å². The summed E-state index contributed by atoms with van der Waals surface area (Å²) in [5.74, 6) is -1.06. The maximum Gasteiger partial charge on any atom is 0.268 e. The molecule has 2 aliphatic rings. The van der Waals surface area contributed by atoms with Gasteiger partial charge in [-0.25, -0.2) is 4.39 Å². The lowest BCUT2D eigenvalue weighted by Crippen LogP contribution is -2.36. The van der Waals surface area contributed by atoms with Gasteiger partial charge in [-0.05, 0) is 60.2 Å². The average Bonchev–Trinajstić information content (AvgIpc) is 3.35. The zero-order valence-electron chi connectivity index (χ0n) is 18.2. The van der Waals surface area contributed by atoms with Gasteiger partial charge in [-0.1, -0.05) is 30.3 Å². The summed E-state index contributed by atoms with van der Waals surface area (Å²) in [6.45, 7) is 1.98. The molecule has 1 aliphatic carbocycles. The summed E-state index contributed by atoms with van der Waals surface area (Å²) in [5.41, 5.74) is 0.942. The van der Waals surface area contributed by atoms with Crippen molar-refractivity contribution in [1.82, 2.24) is 9.47 Å². The molecule has 6 nitrogen and oxygen atoms in total.